The summed E-state index contributed by atoms with van der Waals surface area (Å²) in [7, 11) is 0. The van der Waals surface area contributed by atoms with Crippen LogP contribution in [0, 0.1) is 25.2 Å². The van der Waals surface area contributed by atoms with E-state index in [4.69, 9.17) is 5.26 Å². The van der Waals surface area contributed by atoms with E-state index in [0.717, 1.165) is 15.6 Å². The number of hydrogen-bond acceptors (Lipinski definition) is 7. The molecule has 0 spiro atoms. The van der Waals surface area contributed by atoms with Gasteiger partial charge in [0.1, 0.15) is 0 Å². The molecular formula is C20H19N5OS2. The second-order valence-electron chi connectivity index (χ2n) is 6.17. The summed E-state index contributed by atoms with van der Waals surface area (Å²) >= 11 is 2.76. The molecule has 0 aliphatic heterocycles. The maximum Gasteiger partial charge on any atom is 0.234 e. The van der Waals surface area contributed by atoms with Gasteiger partial charge in [-0.15, -0.1) is 10.2 Å². The average molecular weight is 410 g/mol. The zero-order valence-corrected chi connectivity index (χ0v) is 17.2. The first-order chi connectivity index (χ1) is 13.5. The Morgan fingerprint density at radius 2 is 1.86 bits per heavy atom. The molecule has 1 heterocycles. The number of amides is 1. The van der Waals surface area contributed by atoms with Gasteiger partial charge in [-0.1, -0.05) is 41.3 Å². The molecule has 142 valence electrons. The summed E-state index contributed by atoms with van der Waals surface area (Å²) in [6.45, 7) is 4.14. The number of nitrogens with zero attached hydrogens (tertiary/aromatic N) is 3. The minimum Gasteiger partial charge on any atom is -0.330 e. The molecule has 3 rings (SSSR count). The van der Waals surface area contributed by atoms with Gasteiger partial charge in [-0.05, 0) is 54.8 Å². The third-order valence-corrected chi connectivity index (χ3v) is 5.98. The van der Waals surface area contributed by atoms with Crippen LogP contribution in [0.3, 0.4) is 0 Å². The molecule has 8 heteroatoms. The highest BCUT2D eigenvalue weighted by Gasteiger charge is 2.09. The van der Waals surface area contributed by atoms with Gasteiger partial charge in [0.15, 0.2) is 4.34 Å². The van der Waals surface area contributed by atoms with Crippen molar-refractivity contribution in [3.63, 3.8) is 0 Å². The molecule has 2 aromatic carbocycles. The number of aromatic nitrogens is 2. The molecule has 3 aromatic rings. The zero-order chi connectivity index (χ0) is 19.9. The summed E-state index contributed by atoms with van der Waals surface area (Å²) < 4.78 is 0.728. The Kier molecular flexibility index (Phi) is 6.63. The maximum atomic E-state index is 12.1. The van der Waals surface area contributed by atoms with Gasteiger partial charge in [0.05, 0.1) is 18.2 Å². The van der Waals surface area contributed by atoms with Crippen LogP contribution >= 0.6 is 23.1 Å². The van der Waals surface area contributed by atoms with Crippen molar-refractivity contribution in [3.8, 4) is 6.07 Å². The number of carbonyl (C=O) groups excluding carboxylic acids is 1. The fourth-order valence-electron chi connectivity index (χ4n) is 2.38. The summed E-state index contributed by atoms with van der Waals surface area (Å²) in [6.07, 6.45) is 0.361. The topological polar surface area (TPSA) is 90.7 Å². The van der Waals surface area contributed by atoms with Crippen LogP contribution in [0.4, 0.5) is 16.5 Å². The molecule has 0 radical (unpaired) electrons. The van der Waals surface area contributed by atoms with Gasteiger partial charge < -0.3 is 10.6 Å². The van der Waals surface area contributed by atoms with Crippen LogP contribution in [0.15, 0.2) is 46.8 Å². The Bertz CT molecular complexity index is 1010. The van der Waals surface area contributed by atoms with Crippen LogP contribution in [-0.2, 0) is 11.2 Å². The van der Waals surface area contributed by atoms with E-state index in [2.05, 4.69) is 52.9 Å². The smallest absolute Gasteiger partial charge is 0.234 e. The van der Waals surface area contributed by atoms with E-state index in [1.807, 2.05) is 18.2 Å². The number of thioether (sulfide) groups is 1. The number of carbonyl (C=O) groups is 1. The molecule has 0 saturated heterocycles. The number of nitrogens with one attached hydrogen (secondary N) is 2. The van der Waals surface area contributed by atoms with Gasteiger partial charge in [-0.25, -0.2) is 0 Å². The first-order valence-corrected chi connectivity index (χ1v) is 10.4. The van der Waals surface area contributed by atoms with Gasteiger partial charge in [0.25, 0.3) is 0 Å². The van der Waals surface area contributed by atoms with Crippen molar-refractivity contribution < 1.29 is 4.79 Å². The molecule has 0 fully saturated rings. The van der Waals surface area contributed by atoms with E-state index in [0.29, 0.717) is 17.2 Å². The average Bonchev–Trinajstić information content (AvgIpc) is 3.12. The molecule has 28 heavy (non-hydrogen) atoms. The van der Waals surface area contributed by atoms with E-state index >= 15 is 0 Å². The third kappa shape index (κ3) is 5.55. The molecule has 0 atom stereocenters. The number of benzene rings is 2. The van der Waals surface area contributed by atoms with E-state index < -0.39 is 0 Å². The largest absolute Gasteiger partial charge is 0.330 e. The second-order valence-corrected chi connectivity index (χ2v) is 8.37. The molecule has 6 nitrogen and oxygen atoms in total. The number of hydrogen-bond donors (Lipinski definition) is 2. The molecule has 0 bridgehead atoms. The lowest BCUT2D eigenvalue weighted by Crippen LogP contribution is -2.13. The molecule has 0 aliphatic carbocycles. The van der Waals surface area contributed by atoms with Crippen LogP contribution < -0.4 is 10.6 Å². The van der Waals surface area contributed by atoms with Crippen LogP contribution in [-0.4, -0.2) is 21.9 Å². The van der Waals surface area contributed by atoms with Crippen molar-refractivity contribution in [3.05, 3.63) is 59.2 Å². The van der Waals surface area contributed by atoms with E-state index in [1.54, 1.807) is 12.1 Å². The lowest BCUT2D eigenvalue weighted by molar-refractivity contribution is -0.113. The van der Waals surface area contributed by atoms with Crippen molar-refractivity contribution in [2.45, 2.75) is 24.6 Å². The fourth-order valence-corrected chi connectivity index (χ4v) is 3.96. The van der Waals surface area contributed by atoms with E-state index in [9.17, 15) is 4.79 Å². The van der Waals surface area contributed by atoms with E-state index in [-0.39, 0.29) is 11.7 Å². The van der Waals surface area contributed by atoms with Crippen molar-refractivity contribution in [2.24, 2.45) is 0 Å². The Morgan fingerprint density at radius 3 is 2.57 bits per heavy atom. The zero-order valence-electron chi connectivity index (χ0n) is 15.5. The number of anilines is 3. The summed E-state index contributed by atoms with van der Waals surface area (Å²) in [4.78, 5) is 12.1. The quantitative estimate of drug-likeness (QED) is 0.550. The van der Waals surface area contributed by atoms with Crippen molar-refractivity contribution in [1.29, 1.82) is 5.26 Å². The molecular weight excluding hydrogens is 390 g/mol. The second kappa shape index (κ2) is 9.35. The number of aryl methyl sites for hydroxylation is 2. The number of rotatable bonds is 7. The van der Waals surface area contributed by atoms with Gasteiger partial charge in [-0.2, -0.15) is 5.26 Å². The van der Waals surface area contributed by atoms with Crippen LogP contribution in [0.25, 0.3) is 0 Å². The Morgan fingerprint density at radius 1 is 1.11 bits per heavy atom. The lowest BCUT2D eigenvalue weighted by Gasteiger charge is -2.05. The van der Waals surface area contributed by atoms with E-state index in [1.165, 1.54) is 34.2 Å². The Labute approximate surface area is 172 Å². The SMILES string of the molecule is Cc1ccc(Nc2nnc(SCC(=O)Nc3ccc(CC#N)cc3)s2)cc1C. The minimum absolute atomic E-state index is 0.114. The molecule has 1 aromatic heterocycles. The standard InChI is InChI=1S/C20H19N5OS2/c1-13-3-6-17(11-14(13)2)23-19-24-25-20(28-19)27-12-18(26)22-16-7-4-15(5-8-16)9-10-21/h3-8,11H,9,12H2,1-2H3,(H,22,26)(H,23,24). The first-order valence-electron chi connectivity index (χ1n) is 8.60. The molecule has 0 aliphatic rings. The molecule has 0 saturated carbocycles. The van der Waals surface area contributed by atoms with Gasteiger partial charge in [0, 0.05) is 11.4 Å². The van der Waals surface area contributed by atoms with Gasteiger partial charge in [-0.3, -0.25) is 4.79 Å². The highest BCUT2D eigenvalue weighted by Crippen LogP contribution is 2.28. The molecule has 0 unspecified atom stereocenters. The highest BCUT2D eigenvalue weighted by atomic mass is 32.2. The van der Waals surface area contributed by atoms with Crippen molar-refractivity contribution >= 4 is 45.5 Å². The minimum atomic E-state index is -0.114. The van der Waals surface area contributed by atoms with Gasteiger partial charge in [0.2, 0.25) is 11.0 Å². The van der Waals surface area contributed by atoms with Crippen LogP contribution in [0.5, 0.6) is 0 Å². The maximum absolute atomic E-state index is 12.1. The first kappa shape index (κ1) is 19.9. The Balaban J connectivity index is 1.50. The lowest BCUT2D eigenvalue weighted by atomic mass is 10.1. The monoisotopic (exact) mass is 409 g/mol. The Hall–Kier alpha value is -2.89. The highest BCUT2D eigenvalue weighted by molar-refractivity contribution is 8.01. The third-order valence-electron chi connectivity index (χ3n) is 4.01. The predicted octanol–water partition coefficient (Wildman–Crippen LogP) is 4.70. The summed E-state index contributed by atoms with van der Waals surface area (Å²) in [5.41, 5.74) is 5.05. The van der Waals surface area contributed by atoms with Crippen LogP contribution in [0.1, 0.15) is 16.7 Å². The predicted molar refractivity (Wildman–Crippen MR) is 114 cm³/mol. The summed E-state index contributed by atoms with van der Waals surface area (Å²) in [6, 6.07) is 15.5. The van der Waals surface area contributed by atoms with Crippen molar-refractivity contribution in [2.75, 3.05) is 16.4 Å². The number of nitriles is 1. The van der Waals surface area contributed by atoms with Crippen molar-refractivity contribution in [1.82, 2.24) is 10.2 Å². The summed E-state index contributed by atoms with van der Waals surface area (Å²) in [5, 5.41) is 23.7. The fraction of sp³-hybridized carbons (Fsp3) is 0.200. The molecule has 2 N–H and O–H groups in total. The summed E-state index contributed by atoms with van der Waals surface area (Å²) in [5.74, 6) is 0.134. The van der Waals surface area contributed by atoms with Gasteiger partial charge >= 0.3 is 0 Å². The van der Waals surface area contributed by atoms with Crippen LogP contribution in [0.2, 0.25) is 0 Å². The molecule has 1 amide bonds. The normalized spacial score (nSPS) is 10.3.